The molecule has 1 amide bonds. The Hall–Kier alpha value is -2.73. The molecular weight excluding hydrogens is 338 g/mol. The molecule has 140 valence electrons. The van der Waals surface area contributed by atoms with Crippen molar-refractivity contribution in [1.82, 2.24) is 24.8 Å². The Morgan fingerprint density at radius 2 is 2.07 bits per heavy atom. The van der Waals surface area contributed by atoms with Crippen molar-refractivity contribution < 1.29 is 4.79 Å². The number of carbonyl (C=O) groups excluding carboxylic acids is 1. The third-order valence-electron chi connectivity index (χ3n) is 5.15. The van der Waals surface area contributed by atoms with E-state index < -0.39 is 0 Å². The maximum Gasteiger partial charge on any atom is 0.220 e. The molecule has 0 spiro atoms. The minimum Gasteiger partial charge on any atom is -0.352 e. The molecule has 0 saturated carbocycles. The minimum atomic E-state index is 0.164. The second-order valence-corrected chi connectivity index (χ2v) is 7.48. The Morgan fingerprint density at radius 1 is 1.26 bits per heavy atom. The summed E-state index contributed by atoms with van der Waals surface area (Å²) in [5, 5.41) is 7.56. The number of benzene rings is 1. The van der Waals surface area contributed by atoms with Crippen molar-refractivity contribution in [3.63, 3.8) is 0 Å². The number of hydrogen-bond donors (Lipinski definition) is 1. The van der Waals surface area contributed by atoms with E-state index in [4.69, 9.17) is 0 Å². The number of amides is 1. The molecule has 6 nitrogen and oxygen atoms in total. The van der Waals surface area contributed by atoms with E-state index in [9.17, 15) is 4.79 Å². The van der Waals surface area contributed by atoms with Crippen molar-refractivity contribution >= 4 is 11.6 Å². The summed E-state index contributed by atoms with van der Waals surface area (Å²) >= 11 is 0. The summed E-state index contributed by atoms with van der Waals surface area (Å²) in [6, 6.07) is 10.8. The summed E-state index contributed by atoms with van der Waals surface area (Å²) in [7, 11) is 0. The van der Waals surface area contributed by atoms with Crippen LogP contribution in [0.4, 0.5) is 0 Å². The molecule has 1 fully saturated rings. The number of fused-ring (bicyclic) bond motifs is 1. The fourth-order valence-electron chi connectivity index (χ4n) is 3.61. The van der Waals surface area contributed by atoms with Crippen molar-refractivity contribution in [3.8, 4) is 11.1 Å². The predicted molar refractivity (Wildman–Crippen MR) is 105 cm³/mol. The van der Waals surface area contributed by atoms with Crippen LogP contribution in [0.2, 0.25) is 0 Å². The van der Waals surface area contributed by atoms with Crippen molar-refractivity contribution in [2.24, 2.45) is 0 Å². The number of nitrogens with one attached hydrogen (secondary N) is 1. The SMILES string of the molecule is CC(C)N(Cc1cnc2c(-c3ccccc3)cnn2c1)CC1CCC(=O)N1. The topological polar surface area (TPSA) is 62.5 Å². The van der Waals surface area contributed by atoms with Crippen LogP contribution in [0.25, 0.3) is 16.8 Å². The lowest BCUT2D eigenvalue weighted by atomic mass is 10.1. The molecule has 6 heteroatoms. The van der Waals surface area contributed by atoms with Gasteiger partial charge in [0, 0.05) is 55.1 Å². The van der Waals surface area contributed by atoms with E-state index >= 15 is 0 Å². The van der Waals surface area contributed by atoms with Gasteiger partial charge in [-0.25, -0.2) is 9.50 Å². The fourth-order valence-corrected chi connectivity index (χ4v) is 3.61. The highest BCUT2D eigenvalue weighted by Crippen LogP contribution is 2.23. The van der Waals surface area contributed by atoms with Crippen LogP contribution in [-0.4, -0.2) is 44.0 Å². The van der Waals surface area contributed by atoms with E-state index in [-0.39, 0.29) is 11.9 Å². The summed E-state index contributed by atoms with van der Waals surface area (Å²) in [5.41, 5.74) is 4.14. The Bertz CT molecular complexity index is 934. The zero-order valence-electron chi connectivity index (χ0n) is 15.8. The van der Waals surface area contributed by atoms with Crippen LogP contribution in [0.3, 0.4) is 0 Å². The molecule has 1 N–H and O–H groups in total. The van der Waals surface area contributed by atoms with Crippen LogP contribution in [0.15, 0.2) is 48.9 Å². The molecule has 0 radical (unpaired) electrons. The molecule has 1 aliphatic rings. The molecule has 3 aromatic rings. The number of hydrogen-bond acceptors (Lipinski definition) is 4. The van der Waals surface area contributed by atoms with E-state index in [1.165, 1.54) is 0 Å². The first kappa shape index (κ1) is 17.7. The molecule has 1 unspecified atom stereocenters. The van der Waals surface area contributed by atoms with Crippen LogP contribution in [0.1, 0.15) is 32.3 Å². The Kier molecular flexibility index (Phi) is 4.90. The standard InChI is InChI=1S/C21H25N5O/c1-15(2)25(14-18-8-9-20(27)24-18)12-16-10-22-21-19(11-23-26(21)13-16)17-6-4-3-5-7-17/h3-7,10-11,13,15,18H,8-9,12,14H2,1-2H3,(H,24,27). The number of aromatic nitrogens is 3. The van der Waals surface area contributed by atoms with Crippen LogP contribution in [0, 0.1) is 0 Å². The third-order valence-corrected chi connectivity index (χ3v) is 5.15. The van der Waals surface area contributed by atoms with Crippen molar-refractivity contribution in [2.75, 3.05) is 6.54 Å². The Morgan fingerprint density at radius 3 is 2.78 bits per heavy atom. The third kappa shape index (κ3) is 3.85. The van der Waals surface area contributed by atoms with Gasteiger partial charge in [-0.15, -0.1) is 0 Å². The normalized spacial score (nSPS) is 17.2. The highest BCUT2D eigenvalue weighted by atomic mass is 16.1. The number of rotatable bonds is 6. The van der Waals surface area contributed by atoms with Gasteiger partial charge >= 0.3 is 0 Å². The van der Waals surface area contributed by atoms with Gasteiger partial charge in [-0.2, -0.15) is 5.10 Å². The number of carbonyl (C=O) groups is 1. The highest BCUT2D eigenvalue weighted by molar-refractivity contribution is 5.78. The summed E-state index contributed by atoms with van der Waals surface area (Å²) in [6.45, 7) is 6.01. The van der Waals surface area contributed by atoms with Gasteiger partial charge in [-0.3, -0.25) is 9.69 Å². The first-order valence-corrected chi connectivity index (χ1v) is 9.51. The average Bonchev–Trinajstić information content (AvgIpc) is 3.27. The minimum absolute atomic E-state index is 0.164. The molecule has 1 aromatic carbocycles. The Labute approximate surface area is 159 Å². The molecule has 1 saturated heterocycles. The van der Waals surface area contributed by atoms with Gasteiger partial charge in [0.1, 0.15) is 0 Å². The monoisotopic (exact) mass is 363 g/mol. The highest BCUT2D eigenvalue weighted by Gasteiger charge is 2.24. The predicted octanol–water partition coefficient (Wildman–Crippen LogP) is 2.89. The molecule has 1 aliphatic heterocycles. The molecule has 0 aliphatic carbocycles. The number of nitrogens with zero attached hydrogens (tertiary/aromatic N) is 4. The first-order chi connectivity index (χ1) is 13.1. The van der Waals surface area contributed by atoms with Crippen molar-refractivity contribution in [3.05, 3.63) is 54.5 Å². The lowest BCUT2D eigenvalue weighted by molar-refractivity contribution is -0.119. The zero-order chi connectivity index (χ0) is 18.8. The van der Waals surface area contributed by atoms with Crippen LogP contribution in [0.5, 0.6) is 0 Å². The molecular formula is C21H25N5O. The van der Waals surface area contributed by atoms with Gasteiger partial charge in [0.05, 0.1) is 6.20 Å². The van der Waals surface area contributed by atoms with Crippen molar-refractivity contribution in [2.45, 2.75) is 45.3 Å². The quantitative estimate of drug-likeness (QED) is 0.731. The largest absolute Gasteiger partial charge is 0.352 e. The smallest absolute Gasteiger partial charge is 0.220 e. The Balaban J connectivity index is 1.53. The van der Waals surface area contributed by atoms with Gasteiger partial charge in [0.2, 0.25) is 5.91 Å². The van der Waals surface area contributed by atoms with Crippen LogP contribution < -0.4 is 5.32 Å². The molecule has 4 rings (SSSR count). The second kappa shape index (κ2) is 7.48. The lowest BCUT2D eigenvalue weighted by Gasteiger charge is -2.29. The molecule has 3 heterocycles. The van der Waals surface area contributed by atoms with E-state index in [0.29, 0.717) is 12.5 Å². The molecule has 27 heavy (non-hydrogen) atoms. The van der Waals surface area contributed by atoms with Gasteiger partial charge in [0.25, 0.3) is 0 Å². The van der Waals surface area contributed by atoms with E-state index in [1.54, 1.807) is 0 Å². The van der Waals surface area contributed by atoms with E-state index in [0.717, 1.165) is 41.8 Å². The average molecular weight is 363 g/mol. The lowest BCUT2D eigenvalue weighted by Crippen LogP contribution is -2.41. The van der Waals surface area contributed by atoms with Crippen molar-refractivity contribution in [1.29, 1.82) is 0 Å². The van der Waals surface area contributed by atoms with Gasteiger partial charge in [0.15, 0.2) is 5.65 Å². The fraction of sp³-hybridized carbons (Fsp3) is 0.381. The summed E-state index contributed by atoms with van der Waals surface area (Å²) in [4.78, 5) is 18.5. The maximum atomic E-state index is 11.5. The zero-order valence-corrected chi connectivity index (χ0v) is 15.8. The molecule has 1 atom stereocenters. The molecule has 0 bridgehead atoms. The van der Waals surface area contributed by atoms with Gasteiger partial charge in [-0.05, 0) is 25.8 Å². The maximum absolute atomic E-state index is 11.5. The first-order valence-electron chi connectivity index (χ1n) is 9.51. The van der Waals surface area contributed by atoms with Gasteiger partial charge in [-0.1, -0.05) is 30.3 Å². The van der Waals surface area contributed by atoms with Crippen LogP contribution >= 0.6 is 0 Å². The van der Waals surface area contributed by atoms with Crippen LogP contribution in [-0.2, 0) is 11.3 Å². The van der Waals surface area contributed by atoms with Gasteiger partial charge < -0.3 is 5.32 Å². The summed E-state index contributed by atoms with van der Waals surface area (Å²) < 4.78 is 1.85. The van der Waals surface area contributed by atoms with E-state index in [1.807, 2.05) is 35.1 Å². The summed E-state index contributed by atoms with van der Waals surface area (Å²) in [5.74, 6) is 0.164. The second-order valence-electron chi connectivity index (χ2n) is 7.48. The van der Waals surface area contributed by atoms with E-state index in [2.05, 4.69) is 52.5 Å². The summed E-state index contributed by atoms with van der Waals surface area (Å²) in [6.07, 6.45) is 7.41. The molecule has 2 aromatic heterocycles.